The van der Waals surface area contributed by atoms with E-state index in [0.717, 1.165) is 43.4 Å². The van der Waals surface area contributed by atoms with Gasteiger partial charge in [0.1, 0.15) is 0 Å². The lowest BCUT2D eigenvalue weighted by Gasteiger charge is -2.20. The van der Waals surface area contributed by atoms with Crippen molar-refractivity contribution in [1.82, 2.24) is 15.2 Å². The Bertz CT molecular complexity index is 432. The molecule has 0 radical (unpaired) electrons. The SMILES string of the molecule is CCNC(=NCCc1ncc(C)s1)N1CC[C@@H](O)C1. The van der Waals surface area contributed by atoms with Crippen LogP contribution < -0.4 is 5.32 Å². The molecule has 0 unspecified atom stereocenters. The van der Waals surface area contributed by atoms with Crippen LogP contribution in [-0.4, -0.2) is 53.2 Å². The van der Waals surface area contributed by atoms with Gasteiger partial charge in [0.25, 0.3) is 0 Å². The molecule has 1 aromatic rings. The number of aliphatic hydroxyl groups is 1. The summed E-state index contributed by atoms with van der Waals surface area (Å²) in [4.78, 5) is 12.3. The van der Waals surface area contributed by atoms with E-state index < -0.39 is 0 Å². The summed E-state index contributed by atoms with van der Waals surface area (Å²) in [5.74, 6) is 0.910. The first-order valence-electron chi connectivity index (χ1n) is 6.81. The predicted molar refractivity (Wildman–Crippen MR) is 78.7 cm³/mol. The number of aliphatic imine (C=N–C) groups is 1. The van der Waals surface area contributed by atoms with Crippen molar-refractivity contribution in [2.45, 2.75) is 32.8 Å². The van der Waals surface area contributed by atoms with Crippen LogP contribution in [0.25, 0.3) is 0 Å². The number of rotatable bonds is 4. The zero-order valence-corrected chi connectivity index (χ0v) is 12.4. The van der Waals surface area contributed by atoms with E-state index in [-0.39, 0.29) is 6.10 Å². The fraction of sp³-hybridized carbons (Fsp3) is 0.692. The number of hydrogen-bond donors (Lipinski definition) is 2. The fourth-order valence-corrected chi connectivity index (χ4v) is 2.91. The molecule has 1 aliphatic heterocycles. The Kier molecular flexibility index (Phi) is 5.15. The molecule has 19 heavy (non-hydrogen) atoms. The maximum absolute atomic E-state index is 9.59. The molecule has 0 spiro atoms. The lowest BCUT2D eigenvalue weighted by Crippen LogP contribution is -2.40. The van der Waals surface area contributed by atoms with Gasteiger partial charge in [0.2, 0.25) is 0 Å². The first-order valence-corrected chi connectivity index (χ1v) is 7.63. The first kappa shape index (κ1) is 14.3. The standard InChI is InChI=1S/C13H22N4OS/c1-3-14-13(17-7-5-11(18)9-17)15-6-4-12-16-8-10(2)19-12/h8,11,18H,3-7,9H2,1-2H3,(H,14,15)/t11-/m1/s1. The maximum Gasteiger partial charge on any atom is 0.194 e. The summed E-state index contributed by atoms with van der Waals surface area (Å²) in [7, 11) is 0. The Morgan fingerprint density at radius 3 is 3.11 bits per heavy atom. The fourth-order valence-electron chi connectivity index (χ4n) is 2.13. The van der Waals surface area contributed by atoms with E-state index in [2.05, 4.69) is 34.0 Å². The van der Waals surface area contributed by atoms with Crippen LogP contribution in [-0.2, 0) is 6.42 Å². The number of β-amino-alcohol motifs (C(OH)–C–C–N with tert-alkyl or cyclic N) is 1. The Balaban J connectivity index is 1.89. The number of thiazole rings is 1. The predicted octanol–water partition coefficient (Wildman–Crippen LogP) is 1.03. The van der Waals surface area contributed by atoms with E-state index in [1.807, 2.05) is 6.20 Å². The number of nitrogens with one attached hydrogen (secondary N) is 1. The molecular weight excluding hydrogens is 260 g/mol. The number of aliphatic hydroxyl groups excluding tert-OH is 1. The van der Waals surface area contributed by atoms with Crippen molar-refractivity contribution in [3.63, 3.8) is 0 Å². The average molecular weight is 282 g/mol. The van der Waals surface area contributed by atoms with Crippen LogP contribution in [0, 0.1) is 6.92 Å². The van der Waals surface area contributed by atoms with Gasteiger partial charge in [-0.05, 0) is 20.3 Å². The van der Waals surface area contributed by atoms with Crippen LogP contribution in [0.3, 0.4) is 0 Å². The maximum atomic E-state index is 9.59. The van der Waals surface area contributed by atoms with Gasteiger partial charge in [-0.2, -0.15) is 0 Å². The minimum Gasteiger partial charge on any atom is -0.391 e. The lowest BCUT2D eigenvalue weighted by molar-refractivity contribution is 0.188. The normalized spacial score (nSPS) is 20.1. The van der Waals surface area contributed by atoms with Crippen LogP contribution in [0.4, 0.5) is 0 Å². The number of hydrogen-bond acceptors (Lipinski definition) is 4. The molecule has 1 atom stereocenters. The second-order valence-electron chi connectivity index (χ2n) is 4.74. The number of aromatic nitrogens is 1. The number of guanidine groups is 1. The third-order valence-electron chi connectivity index (χ3n) is 3.05. The highest BCUT2D eigenvalue weighted by Gasteiger charge is 2.22. The summed E-state index contributed by atoms with van der Waals surface area (Å²) >= 11 is 1.73. The lowest BCUT2D eigenvalue weighted by atomic mass is 10.3. The molecule has 6 heteroatoms. The summed E-state index contributed by atoms with van der Waals surface area (Å²) in [6.07, 6.45) is 3.40. The van der Waals surface area contributed by atoms with Gasteiger partial charge in [-0.1, -0.05) is 0 Å². The quantitative estimate of drug-likeness (QED) is 0.639. The Morgan fingerprint density at radius 2 is 2.53 bits per heavy atom. The van der Waals surface area contributed by atoms with Crippen LogP contribution >= 0.6 is 11.3 Å². The van der Waals surface area contributed by atoms with Crippen molar-refractivity contribution in [2.24, 2.45) is 4.99 Å². The van der Waals surface area contributed by atoms with Crippen LogP contribution in [0.1, 0.15) is 23.2 Å². The second-order valence-corrected chi connectivity index (χ2v) is 6.06. The topological polar surface area (TPSA) is 60.8 Å². The van der Waals surface area contributed by atoms with E-state index in [1.165, 1.54) is 4.88 Å². The number of aryl methyl sites for hydroxylation is 1. The highest BCUT2D eigenvalue weighted by atomic mass is 32.1. The first-order chi connectivity index (χ1) is 9.19. The molecule has 1 aliphatic rings. The Morgan fingerprint density at radius 1 is 1.68 bits per heavy atom. The smallest absolute Gasteiger partial charge is 0.194 e. The van der Waals surface area contributed by atoms with Crippen molar-refractivity contribution in [3.05, 3.63) is 16.1 Å². The second kappa shape index (κ2) is 6.86. The highest BCUT2D eigenvalue weighted by Crippen LogP contribution is 2.12. The zero-order chi connectivity index (χ0) is 13.7. The molecule has 1 saturated heterocycles. The summed E-state index contributed by atoms with van der Waals surface area (Å²) in [5, 5.41) is 14.0. The van der Waals surface area contributed by atoms with Crippen LogP contribution in [0.15, 0.2) is 11.2 Å². The summed E-state index contributed by atoms with van der Waals surface area (Å²) < 4.78 is 0. The van der Waals surface area contributed by atoms with E-state index in [1.54, 1.807) is 11.3 Å². The third-order valence-corrected chi connectivity index (χ3v) is 4.03. The third kappa shape index (κ3) is 4.18. The zero-order valence-electron chi connectivity index (χ0n) is 11.6. The van der Waals surface area contributed by atoms with Crippen molar-refractivity contribution in [2.75, 3.05) is 26.2 Å². The summed E-state index contributed by atoms with van der Waals surface area (Å²) in [6, 6.07) is 0. The van der Waals surface area contributed by atoms with Crippen LogP contribution in [0.2, 0.25) is 0 Å². The molecule has 5 nitrogen and oxygen atoms in total. The van der Waals surface area contributed by atoms with E-state index in [4.69, 9.17) is 0 Å². The summed E-state index contributed by atoms with van der Waals surface area (Å²) in [6.45, 7) is 7.28. The van der Waals surface area contributed by atoms with Gasteiger partial charge in [0, 0.05) is 43.7 Å². The molecule has 2 rings (SSSR count). The molecule has 1 aromatic heterocycles. The largest absolute Gasteiger partial charge is 0.391 e. The molecule has 0 aliphatic carbocycles. The number of nitrogens with zero attached hydrogens (tertiary/aromatic N) is 3. The molecule has 0 bridgehead atoms. The van der Waals surface area contributed by atoms with Gasteiger partial charge in [-0.15, -0.1) is 11.3 Å². The molecule has 106 valence electrons. The van der Waals surface area contributed by atoms with E-state index in [9.17, 15) is 5.11 Å². The van der Waals surface area contributed by atoms with Gasteiger partial charge in [0.15, 0.2) is 5.96 Å². The molecule has 2 N–H and O–H groups in total. The Hall–Kier alpha value is -1.14. The highest BCUT2D eigenvalue weighted by molar-refractivity contribution is 7.11. The van der Waals surface area contributed by atoms with Gasteiger partial charge < -0.3 is 15.3 Å². The van der Waals surface area contributed by atoms with E-state index in [0.29, 0.717) is 6.54 Å². The van der Waals surface area contributed by atoms with Crippen molar-refractivity contribution in [3.8, 4) is 0 Å². The van der Waals surface area contributed by atoms with Gasteiger partial charge in [0.05, 0.1) is 11.1 Å². The molecule has 0 amide bonds. The van der Waals surface area contributed by atoms with Crippen molar-refractivity contribution >= 4 is 17.3 Å². The Labute approximate surface area is 118 Å². The molecule has 0 aromatic carbocycles. The van der Waals surface area contributed by atoms with Gasteiger partial charge >= 0.3 is 0 Å². The molecular formula is C13H22N4OS. The van der Waals surface area contributed by atoms with Gasteiger partial charge in [-0.3, -0.25) is 4.99 Å². The molecule has 0 saturated carbocycles. The van der Waals surface area contributed by atoms with E-state index >= 15 is 0 Å². The monoisotopic (exact) mass is 282 g/mol. The minimum absolute atomic E-state index is 0.217. The molecule has 1 fully saturated rings. The van der Waals surface area contributed by atoms with Gasteiger partial charge in [-0.25, -0.2) is 4.98 Å². The summed E-state index contributed by atoms with van der Waals surface area (Å²) in [5.41, 5.74) is 0. The molecule has 2 heterocycles. The average Bonchev–Trinajstić information content (AvgIpc) is 2.97. The van der Waals surface area contributed by atoms with Crippen molar-refractivity contribution in [1.29, 1.82) is 0 Å². The minimum atomic E-state index is -0.217. The number of likely N-dealkylation sites (tertiary alicyclic amines) is 1. The van der Waals surface area contributed by atoms with Crippen LogP contribution in [0.5, 0.6) is 0 Å². The van der Waals surface area contributed by atoms with Crippen molar-refractivity contribution < 1.29 is 5.11 Å².